The first-order valence-electron chi connectivity index (χ1n) is 6.05. The van der Waals surface area contributed by atoms with E-state index in [2.05, 4.69) is 36.9 Å². The molecule has 0 aliphatic rings. The van der Waals surface area contributed by atoms with E-state index in [1.165, 1.54) is 0 Å². The number of halogens is 2. The number of ether oxygens (including phenoxy) is 1. The van der Waals surface area contributed by atoms with E-state index in [0.29, 0.717) is 15.6 Å². The number of hydrogen-bond acceptors (Lipinski definition) is 3. The van der Waals surface area contributed by atoms with E-state index in [1.807, 2.05) is 31.2 Å². The molecule has 0 radical (unpaired) electrons. The third kappa shape index (κ3) is 3.84. The van der Waals surface area contributed by atoms with Gasteiger partial charge in [-0.15, -0.1) is 0 Å². The summed E-state index contributed by atoms with van der Waals surface area (Å²) >= 11 is 6.58. The van der Waals surface area contributed by atoms with Crippen LogP contribution >= 0.6 is 31.9 Å². The summed E-state index contributed by atoms with van der Waals surface area (Å²) in [7, 11) is 0. The van der Waals surface area contributed by atoms with Crippen LogP contribution in [0.3, 0.4) is 0 Å². The molecule has 20 heavy (non-hydrogen) atoms. The summed E-state index contributed by atoms with van der Waals surface area (Å²) in [6.07, 6.45) is 1.74. The predicted octanol–water partition coefficient (Wildman–Crippen LogP) is 5.07. The Labute approximate surface area is 134 Å². The fourth-order valence-corrected chi connectivity index (χ4v) is 2.83. The highest BCUT2D eigenvalue weighted by molar-refractivity contribution is 9.11. The molecule has 0 aromatic heterocycles. The normalized spacial score (nSPS) is 10.9. The van der Waals surface area contributed by atoms with Gasteiger partial charge in [0.05, 0.1) is 21.2 Å². The third-order valence-corrected chi connectivity index (χ3v) is 3.76. The number of nitrogens with zero attached hydrogens (tertiary/aromatic N) is 1. The van der Waals surface area contributed by atoms with Crippen LogP contribution in [0.1, 0.15) is 12.5 Å². The van der Waals surface area contributed by atoms with Crippen LogP contribution in [0.4, 0.5) is 5.69 Å². The van der Waals surface area contributed by atoms with Gasteiger partial charge in [0.25, 0.3) is 0 Å². The molecular formula is C15H13Br2NO2. The third-order valence-electron chi connectivity index (χ3n) is 2.55. The zero-order valence-corrected chi connectivity index (χ0v) is 14.0. The number of aliphatic imine (C=N–C) groups is 1. The smallest absolute Gasteiger partial charge is 0.143 e. The van der Waals surface area contributed by atoms with Gasteiger partial charge in [-0.05, 0) is 80.7 Å². The monoisotopic (exact) mass is 397 g/mol. The second-order valence-electron chi connectivity index (χ2n) is 4.02. The van der Waals surface area contributed by atoms with Crippen LogP contribution in [0.15, 0.2) is 50.3 Å². The zero-order chi connectivity index (χ0) is 14.5. The molecular weight excluding hydrogens is 386 g/mol. The summed E-state index contributed by atoms with van der Waals surface area (Å²) in [5.74, 6) is 1.02. The Kier molecular flexibility index (Phi) is 5.20. The molecule has 5 heteroatoms. The summed E-state index contributed by atoms with van der Waals surface area (Å²) in [6, 6.07) is 11.2. The summed E-state index contributed by atoms with van der Waals surface area (Å²) < 4.78 is 6.63. The molecule has 0 heterocycles. The van der Waals surface area contributed by atoms with E-state index >= 15 is 0 Å². The van der Waals surface area contributed by atoms with Crippen LogP contribution in [0.2, 0.25) is 0 Å². The van der Waals surface area contributed by atoms with E-state index in [-0.39, 0.29) is 5.75 Å². The molecule has 2 rings (SSSR count). The minimum Gasteiger partial charge on any atom is -0.506 e. The number of benzene rings is 2. The van der Waals surface area contributed by atoms with E-state index in [9.17, 15) is 5.11 Å². The van der Waals surface area contributed by atoms with Gasteiger partial charge in [0.15, 0.2) is 0 Å². The van der Waals surface area contributed by atoms with Crippen LogP contribution < -0.4 is 4.74 Å². The van der Waals surface area contributed by atoms with Gasteiger partial charge < -0.3 is 9.84 Å². The summed E-state index contributed by atoms with van der Waals surface area (Å²) in [5.41, 5.74) is 1.73. The average Bonchev–Trinajstić information content (AvgIpc) is 2.44. The second kappa shape index (κ2) is 6.90. The molecule has 0 saturated heterocycles. The summed E-state index contributed by atoms with van der Waals surface area (Å²) in [4.78, 5) is 4.39. The lowest BCUT2D eigenvalue weighted by molar-refractivity contribution is 0.340. The first-order valence-corrected chi connectivity index (χ1v) is 7.63. The van der Waals surface area contributed by atoms with E-state index in [4.69, 9.17) is 4.74 Å². The van der Waals surface area contributed by atoms with E-state index in [1.54, 1.807) is 18.3 Å². The van der Waals surface area contributed by atoms with Crippen molar-refractivity contribution in [3.8, 4) is 11.5 Å². The van der Waals surface area contributed by atoms with Crippen molar-refractivity contribution in [1.82, 2.24) is 0 Å². The van der Waals surface area contributed by atoms with Crippen LogP contribution in [0.5, 0.6) is 11.5 Å². The quantitative estimate of drug-likeness (QED) is 0.730. The topological polar surface area (TPSA) is 41.8 Å². The molecule has 2 aromatic carbocycles. The number of hydrogen-bond donors (Lipinski definition) is 1. The highest BCUT2D eigenvalue weighted by atomic mass is 79.9. The Morgan fingerprint density at radius 3 is 2.30 bits per heavy atom. The highest BCUT2D eigenvalue weighted by Crippen LogP contribution is 2.33. The first-order chi connectivity index (χ1) is 9.60. The van der Waals surface area contributed by atoms with Crippen molar-refractivity contribution in [3.05, 3.63) is 50.9 Å². The number of aromatic hydroxyl groups is 1. The van der Waals surface area contributed by atoms with Crippen LogP contribution in [-0.4, -0.2) is 17.9 Å². The maximum Gasteiger partial charge on any atom is 0.143 e. The zero-order valence-electron chi connectivity index (χ0n) is 10.8. The van der Waals surface area contributed by atoms with Gasteiger partial charge in [0.2, 0.25) is 0 Å². The molecule has 0 atom stereocenters. The molecule has 0 spiro atoms. The van der Waals surface area contributed by atoms with Crippen molar-refractivity contribution in [2.24, 2.45) is 4.99 Å². The second-order valence-corrected chi connectivity index (χ2v) is 5.73. The van der Waals surface area contributed by atoms with Gasteiger partial charge in [-0.1, -0.05) is 0 Å². The predicted molar refractivity (Wildman–Crippen MR) is 88.4 cm³/mol. The lowest BCUT2D eigenvalue weighted by Crippen LogP contribution is -1.89. The maximum atomic E-state index is 9.64. The minimum absolute atomic E-state index is 0.184. The largest absolute Gasteiger partial charge is 0.506 e. The number of rotatable bonds is 4. The lowest BCUT2D eigenvalue weighted by Gasteiger charge is -2.03. The molecule has 3 nitrogen and oxygen atoms in total. The summed E-state index contributed by atoms with van der Waals surface area (Å²) in [5, 5.41) is 9.64. The van der Waals surface area contributed by atoms with Crippen molar-refractivity contribution in [2.75, 3.05) is 6.61 Å². The molecule has 104 valence electrons. The standard InChI is InChI=1S/C15H13Br2NO2/c1-2-20-12-5-3-11(4-6-12)18-9-10-7-13(16)15(19)14(17)8-10/h3-9,19H,2H2,1H3. The van der Waals surface area contributed by atoms with Gasteiger partial charge in [-0.3, -0.25) is 4.99 Å². The average molecular weight is 399 g/mol. The van der Waals surface area contributed by atoms with Crippen LogP contribution in [0.25, 0.3) is 0 Å². The summed E-state index contributed by atoms with van der Waals surface area (Å²) in [6.45, 7) is 2.60. The molecule has 0 aliphatic carbocycles. The Morgan fingerprint density at radius 1 is 1.15 bits per heavy atom. The van der Waals surface area contributed by atoms with Gasteiger partial charge in [0, 0.05) is 6.21 Å². The molecule has 0 saturated carbocycles. The minimum atomic E-state index is 0.184. The molecule has 0 fully saturated rings. The Hall–Kier alpha value is -1.33. The van der Waals surface area contributed by atoms with Crippen molar-refractivity contribution in [3.63, 3.8) is 0 Å². The Balaban J connectivity index is 2.16. The molecule has 0 amide bonds. The van der Waals surface area contributed by atoms with Crippen molar-refractivity contribution in [2.45, 2.75) is 6.92 Å². The number of phenolic OH excluding ortho intramolecular Hbond substituents is 1. The molecule has 0 bridgehead atoms. The van der Waals surface area contributed by atoms with E-state index < -0.39 is 0 Å². The van der Waals surface area contributed by atoms with Crippen molar-refractivity contribution in [1.29, 1.82) is 0 Å². The van der Waals surface area contributed by atoms with Gasteiger partial charge in [-0.2, -0.15) is 0 Å². The van der Waals surface area contributed by atoms with Crippen LogP contribution in [-0.2, 0) is 0 Å². The van der Waals surface area contributed by atoms with Gasteiger partial charge in [-0.25, -0.2) is 0 Å². The fraction of sp³-hybridized carbons (Fsp3) is 0.133. The molecule has 2 aromatic rings. The maximum absolute atomic E-state index is 9.64. The van der Waals surface area contributed by atoms with Gasteiger partial charge in [0.1, 0.15) is 11.5 Å². The molecule has 0 unspecified atom stereocenters. The molecule has 1 N–H and O–H groups in total. The Morgan fingerprint density at radius 2 is 1.75 bits per heavy atom. The van der Waals surface area contributed by atoms with Gasteiger partial charge >= 0.3 is 0 Å². The van der Waals surface area contributed by atoms with Crippen molar-refractivity contribution >= 4 is 43.8 Å². The lowest BCUT2D eigenvalue weighted by atomic mass is 10.2. The number of phenols is 1. The molecule has 0 aliphatic heterocycles. The Bertz CT molecular complexity index is 601. The van der Waals surface area contributed by atoms with Crippen LogP contribution in [0, 0.1) is 0 Å². The van der Waals surface area contributed by atoms with Crippen molar-refractivity contribution < 1.29 is 9.84 Å². The fourth-order valence-electron chi connectivity index (χ4n) is 1.60. The SMILES string of the molecule is CCOc1ccc(N=Cc2cc(Br)c(O)c(Br)c2)cc1. The van der Waals surface area contributed by atoms with E-state index in [0.717, 1.165) is 17.0 Å². The first kappa shape index (κ1) is 15.1. The highest BCUT2D eigenvalue weighted by Gasteiger charge is 2.04.